The van der Waals surface area contributed by atoms with Crippen molar-refractivity contribution in [3.8, 4) is 11.5 Å². The van der Waals surface area contributed by atoms with Crippen molar-refractivity contribution in [2.75, 3.05) is 26.8 Å². The summed E-state index contributed by atoms with van der Waals surface area (Å²) < 4.78 is 15.8. The van der Waals surface area contributed by atoms with Crippen LogP contribution in [0.5, 0.6) is 11.5 Å². The third kappa shape index (κ3) is 3.40. The Morgan fingerprint density at radius 3 is 2.85 bits per heavy atom. The largest absolute Gasteiger partial charge is 0.504 e. The molecule has 1 aliphatic rings. The van der Waals surface area contributed by atoms with Gasteiger partial charge in [-0.2, -0.15) is 0 Å². The van der Waals surface area contributed by atoms with E-state index in [4.69, 9.17) is 13.9 Å². The second-order valence-corrected chi connectivity index (χ2v) is 6.53. The Kier molecular flexibility index (Phi) is 5.18. The number of rotatable bonds is 4. The maximum Gasteiger partial charge on any atom is 0.340 e. The van der Waals surface area contributed by atoms with Crippen LogP contribution >= 0.6 is 0 Å². The van der Waals surface area contributed by atoms with E-state index in [9.17, 15) is 19.5 Å². The van der Waals surface area contributed by atoms with Crippen molar-refractivity contribution in [3.05, 3.63) is 33.2 Å². The monoisotopic (exact) mass is 375 g/mol. The number of aryl methyl sites for hydroxylation is 1. The summed E-state index contributed by atoms with van der Waals surface area (Å²) in [7, 11) is 1.36. The first kappa shape index (κ1) is 18.9. The van der Waals surface area contributed by atoms with E-state index in [1.807, 2.05) is 6.92 Å². The first-order valence-electron chi connectivity index (χ1n) is 8.58. The normalized spacial score (nSPS) is 17.1. The molecule has 144 valence electrons. The Morgan fingerprint density at radius 2 is 2.22 bits per heavy atom. The summed E-state index contributed by atoms with van der Waals surface area (Å²) in [6, 6.07) is 1.49. The number of carbonyl (C=O) groups is 2. The molecule has 0 bridgehead atoms. The maximum atomic E-state index is 12.6. The minimum Gasteiger partial charge on any atom is -0.504 e. The van der Waals surface area contributed by atoms with Crippen molar-refractivity contribution in [1.82, 2.24) is 4.90 Å². The van der Waals surface area contributed by atoms with Crippen molar-refractivity contribution in [3.63, 3.8) is 0 Å². The number of phenolic OH excluding ortho intramolecular Hbond substituents is 1. The molecule has 1 aromatic heterocycles. The molecule has 2 aromatic rings. The van der Waals surface area contributed by atoms with Gasteiger partial charge in [0.05, 0.1) is 31.8 Å². The fourth-order valence-corrected chi connectivity index (χ4v) is 3.29. The smallest absolute Gasteiger partial charge is 0.340 e. The number of amides is 1. The highest BCUT2D eigenvalue weighted by Gasteiger charge is 2.25. The third-order valence-corrected chi connectivity index (χ3v) is 4.81. The molecule has 1 aromatic carbocycles. The fourth-order valence-electron chi connectivity index (χ4n) is 3.29. The minimum atomic E-state index is -0.706. The molecular weight excluding hydrogens is 354 g/mol. The molecule has 8 nitrogen and oxygen atoms in total. The number of aromatic hydroxyl groups is 1. The zero-order valence-corrected chi connectivity index (χ0v) is 15.4. The number of carbonyl (C=O) groups excluding carboxylic acids is 2. The van der Waals surface area contributed by atoms with Crippen LogP contribution in [0.15, 0.2) is 15.3 Å². The number of morpholine rings is 1. The molecule has 0 unspecified atom stereocenters. The van der Waals surface area contributed by atoms with E-state index < -0.39 is 11.4 Å². The molecule has 0 spiro atoms. The number of phenols is 1. The minimum absolute atomic E-state index is 0.0259. The zero-order valence-electron chi connectivity index (χ0n) is 15.4. The van der Waals surface area contributed by atoms with E-state index in [1.54, 1.807) is 11.8 Å². The molecule has 0 saturated carbocycles. The molecular formula is C19H21NO7. The van der Waals surface area contributed by atoms with Crippen LogP contribution in [0.4, 0.5) is 0 Å². The van der Waals surface area contributed by atoms with Gasteiger partial charge in [0.25, 0.3) is 0 Å². The van der Waals surface area contributed by atoms with Gasteiger partial charge in [-0.3, -0.25) is 9.59 Å². The number of hydrogen-bond donors (Lipinski definition) is 1. The molecule has 1 aliphatic heterocycles. The van der Waals surface area contributed by atoms with Gasteiger partial charge < -0.3 is 23.9 Å². The average molecular weight is 375 g/mol. The van der Waals surface area contributed by atoms with E-state index in [0.717, 1.165) is 0 Å². The van der Waals surface area contributed by atoms with E-state index >= 15 is 0 Å². The highest BCUT2D eigenvalue weighted by atomic mass is 16.5. The zero-order chi connectivity index (χ0) is 19.7. The van der Waals surface area contributed by atoms with E-state index in [-0.39, 0.29) is 40.9 Å². The summed E-state index contributed by atoms with van der Waals surface area (Å²) in [6.07, 6.45) is 0.234. The molecule has 1 saturated heterocycles. The van der Waals surface area contributed by atoms with E-state index in [0.29, 0.717) is 36.9 Å². The molecule has 1 N–H and O–H groups in total. The Balaban J connectivity index is 2.06. The Morgan fingerprint density at radius 1 is 1.48 bits per heavy atom. The number of hydrogen-bond acceptors (Lipinski definition) is 7. The predicted molar refractivity (Wildman–Crippen MR) is 96.5 cm³/mol. The SMILES string of the molecule is COc1cc2c(C)c(CC(=O)N3CCO[C@@H](C)C3)c(=O)oc2c(C=O)c1O. The van der Waals surface area contributed by atoms with Crippen LogP contribution < -0.4 is 10.4 Å². The van der Waals surface area contributed by atoms with Crippen molar-refractivity contribution in [1.29, 1.82) is 0 Å². The van der Waals surface area contributed by atoms with Crippen molar-refractivity contribution < 1.29 is 28.6 Å². The van der Waals surface area contributed by atoms with Crippen LogP contribution in [0.3, 0.4) is 0 Å². The van der Waals surface area contributed by atoms with E-state index in [2.05, 4.69) is 0 Å². The van der Waals surface area contributed by atoms with Crippen molar-refractivity contribution in [2.45, 2.75) is 26.4 Å². The maximum absolute atomic E-state index is 12.6. The van der Waals surface area contributed by atoms with Crippen LogP contribution in [0.2, 0.25) is 0 Å². The third-order valence-electron chi connectivity index (χ3n) is 4.81. The average Bonchev–Trinajstić information content (AvgIpc) is 2.65. The highest BCUT2D eigenvalue weighted by molar-refractivity contribution is 6.00. The first-order valence-corrected chi connectivity index (χ1v) is 8.58. The number of benzene rings is 1. The Labute approximate surface area is 155 Å². The Hall–Kier alpha value is -2.87. The van der Waals surface area contributed by atoms with E-state index in [1.165, 1.54) is 13.2 Å². The summed E-state index contributed by atoms with van der Waals surface area (Å²) in [6.45, 7) is 4.95. The molecule has 1 fully saturated rings. The lowest BCUT2D eigenvalue weighted by Gasteiger charge is -2.31. The molecule has 1 atom stereocenters. The van der Waals surface area contributed by atoms with Gasteiger partial charge in [0.2, 0.25) is 5.91 Å². The lowest BCUT2D eigenvalue weighted by molar-refractivity contribution is -0.137. The first-order chi connectivity index (χ1) is 12.9. The van der Waals surface area contributed by atoms with Crippen LogP contribution in [-0.2, 0) is 16.0 Å². The van der Waals surface area contributed by atoms with Gasteiger partial charge >= 0.3 is 5.63 Å². The van der Waals surface area contributed by atoms with Gasteiger partial charge in [-0.15, -0.1) is 0 Å². The van der Waals surface area contributed by atoms with Gasteiger partial charge in [0.15, 0.2) is 23.4 Å². The summed E-state index contributed by atoms with van der Waals surface area (Å²) in [5.41, 5.74) is -0.165. The van der Waals surface area contributed by atoms with Gasteiger partial charge in [-0.25, -0.2) is 4.79 Å². The molecule has 2 heterocycles. The lowest BCUT2D eigenvalue weighted by atomic mass is 10.00. The Bertz CT molecular complexity index is 963. The number of ether oxygens (including phenoxy) is 2. The molecule has 3 rings (SSSR count). The molecule has 27 heavy (non-hydrogen) atoms. The highest BCUT2D eigenvalue weighted by Crippen LogP contribution is 2.36. The molecule has 0 aliphatic carbocycles. The number of fused-ring (bicyclic) bond motifs is 1. The molecule has 8 heteroatoms. The summed E-state index contributed by atoms with van der Waals surface area (Å²) >= 11 is 0. The fraction of sp³-hybridized carbons (Fsp3) is 0.421. The van der Waals surface area contributed by atoms with Crippen LogP contribution in [0.1, 0.15) is 28.4 Å². The van der Waals surface area contributed by atoms with Crippen molar-refractivity contribution in [2.24, 2.45) is 0 Å². The van der Waals surface area contributed by atoms with Gasteiger partial charge in [-0.05, 0) is 25.5 Å². The molecule has 1 amide bonds. The quantitative estimate of drug-likeness (QED) is 0.636. The topological polar surface area (TPSA) is 106 Å². The van der Waals surface area contributed by atoms with Gasteiger partial charge in [0.1, 0.15) is 5.56 Å². The predicted octanol–water partition coefficient (Wildman–Crippen LogP) is 1.42. The number of methoxy groups -OCH3 is 1. The summed E-state index contributed by atoms with van der Waals surface area (Å²) in [5.74, 6) is -0.504. The van der Waals surface area contributed by atoms with Crippen LogP contribution in [-0.4, -0.2) is 55.1 Å². The summed E-state index contributed by atoms with van der Waals surface area (Å²) in [5, 5.41) is 10.5. The second kappa shape index (κ2) is 7.40. The van der Waals surface area contributed by atoms with Gasteiger partial charge in [0, 0.05) is 18.5 Å². The molecule has 0 radical (unpaired) electrons. The van der Waals surface area contributed by atoms with Crippen LogP contribution in [0, 0.1) is 6.92 Å². The van der Waals surface area contributed by atoms with Crippen LogP contribution in [0.25, 0.3) is 11.0 Å². The summed E-state index contributed by atoms with van der Waals surface area (Å²) in [4.78, 5) is 38.1. The van der Waals surface area contributed by atoms with Gasteiger partial charge in [-0.1, -0.05) is 0 Å². The lowest BCUT2D eigenvalue weighted by Crippen LogP contribution is -2.45. The second-order valence-electron chi connectivity index (χ2n) is 6.53. The number of nitrogens with zero attached hydrogens (tertiary/aromatic N) is 1. The van der Waals surface area contributed by atoms with Crippen molar-refractivity contribution >= 4 is 23.2 Å². The standard InChI is InChI=1S/C19H21NO7/c1-10-8-20(4-5-26-10)16(22)7-13-11(2)12-6-15(25-3)17(23)14(9-21)18(12)27-19(13)24/h6,9-10,23H,4-5,7-8H2,1-3H3/t10-/m0/s1. The number of aldehydes is 1.